The van der Waals surface area contributed by atoms with Crippen molar-refractivity contribution in [3.05, 3.63) is 53.6 Å². The van der Waals surface area contributed by atoms with Crippen molar-refractivity contribution in [2.24, 2.45) is 10.7 Å². The SMILES string of the molecule is C#CCOc1cnc(C(=O)Nc2ccnc([C@]3(C)C=CSC(N)=N3)c2)cn1. The highest BCUT2D eigenvalue weighted by Crippen LogP contribution is 2.32. The average molecular weight is 380 g/mol. The molecule has 3 rings (SSSR count). The molecule has 2 aromatic rings. The van der Waals surface area contributed by atoms with E-state index in [0.717, 1.165) is 0 Å². The van der Waals surface area contributed by atoms with Crippen molar-refractivity contribution >= 4 is 28.5 Å². The summed E-state index contributed by atoms with van der Waals surface area (Å²) in [5.74, 6) is 2.17. The van der Waals surface area contributed by atoms with Crippen LogP contribution in [0.2, 0.25) is 0 Å². The Balaban J connectivity index is 1.74. The number of nitrogens with two attached hydrogens (primary N) is 1. The zero-order valence-electron chi connectivity index (χ0n) is 14.4. The minimum Gasteiger partial charge on any atom is -0.463 e. The first-order valence-corrected chi connectivity index (χ1v) is 8.74. The number of nitrogens with zero attached hydrogens (tertiary/aromatic N) is 4. The fourth-order valence-corrected chi connectivity index (χ4v) is 2.99. The number of pyridine rings is 1. The number of hydrogen-bond acceptors (Lipinski definition) is 8. The second-order valence-corrected chi connectivity index (χ2v) is 6.56. The maximum absolute atomic E-state index is 12.4. The molecule has 0 spiro atoms. The van der Waals surface area contributed by atoms with E-state index < -0.39 is 11.4 Å². The van der Waals surface area contributed by atoms with Gasteiger partial charge in [0.2, 0.25) is 5.88 Å². The third-order valence-electron chi connectivity index (χ3n) is 3.62. The van der Waals surface area contributed by atoms with E-state index in [4.69, 9.17) is 16.9 Å². The smallest absolute Gasteiger partial charge is 0.275 e. The average Bonchev–Trinajstić information content (AvgIpc) is 2.67. The van der Waals surface area contributed by atoms with Crippen molar-refractivity contribution in [3.8, 4) is 18.2 Å². The highest BCUT2D eigenvalue weighted by Gasteiger charge is 2.27. The number of amidine groups is 1. The summed E-state index contributed by atoms with van der Waals surface area (Å²) in [5.41, 5.74) is 6.48. The second-order valence-electron chi connectivity index (χ2n) is 5.63. The van der Waals surface area contributed by atoms with Crippen LogP contribution in [0.5, 0.6) is 5.88 Å². The van der Waals surface area contributed by atoms with E-state index in [-0.39, 0.29) is 18.2 Å². The predicted octanol–water partition coefficient (Wildman–Crippen LogP) is 1.93. The molecule has 1 aliphatic heterocycles. The number of anilines is 1. The van der Waals surface area contributed by atoms with Gasteiger partial charge in [-0.15, -0.1) is 6.42 Å². The monoisotopic (exact) mass is 380 g/mol. The van der Waals surface area contributed by atoms with Crippen molar-refractivity contribution in [3.63, 3.8) is 0 Å². The molecule has 0 saturated heterocycles. The zero-order chi connectivity index (χ0) is 19.3. The van der Waals surface area contributed by atoms with Gasteiger partial charge < -0.3 is 15.8 Å². The lowest BCUT2D eigenvalue weighted by Crippen LogP contribution is -2.25. The van der Waals surface area contributed by atoms with Gasteiger partial charge in [0.1, 0.15) is 11.2 Å². The maximum Gasteiger partial charge on any atom is 0.275 e. The van der Waals surface area contributed by atoms with Gasteiger partial charge in [-0.2, -0.15) is 0 Å². The molecule has 0 fully saturated rings. The van der Waals surface area contributed by atoms with Crippen molar-refractivity contribution in [2.75, 3.05) is 11.9 Å². The molecule has 1 aliphatic rings. The van der Waals surface area contributed by atoms with Crippen LogP contribution in [0.25, 0.3) is 0 Å². The van der Waals surface area contributed by atoms with E-state index in [1.807, 2.05) is 18.4 Å². The first-order valence-electron chi connectivity index (χ1n) is 7.86. The van der Waals surface area contributed by atoms with Crippen molar-refractivity contribution in [2.45, 2.75) is 12.5 Å². The molecule has 3 N–H and O–H groups in total. The lowest BCUT2D eigenvalue weighted by atomic mass is 9.98. The third-order valence-corrected chi connectivity index (χ3v) is 4.23. The molecule has 2 aromatic heterocycles. The Kier molecular flexibility index (Phi) is 5.38. The molecule has 0 saturated carbocycles. The quantitative estimate of drug-likeness (QED) is 0.762. The molecule has 0 radical (unpaired) electrons. The van der Waals surface area contributed by atoms with Crippen LogP contribution in [0.4, 0.5) is 5.69 Å². The van der Waals surface area contributed by atoms with Crippen LogP contribution >= 0.6 is 11.8 Å². The van der Waals surface area contributed by atoms with Crippen LogP contribution in [-0.2, 0) is 5.54 Å². The number of ether oxygens (including phenoxy) is 1. The van der Waals surface area contributed by atoms with Gasteiger partial charge in [-0.3, -0.25) is 9.78 Å². The van der Waals surface area contributed by atoms with E-state index in [2.05, 4.69) is 31.2 Å². The lowest BCUT2D eigenvalue weighted by Gasteiger charge is -2.24. The Morgan fingerprint density at radius 1 is 1.41 bits per heavy atom. The fraction of sp³-hybridized carbons (Fsp3) is 0.167. The Morgan fingerprint density at radius 2 is 2.26 bits per heavy atom. The maximum atomic E-state index is 12.4. The van der Waals surface area contributed by atoms with Crippen molar-refractivity contribution < 1.29 is 9.53 Å². The number of terminal acetylenes is 1. The highest BCUT2D eigenvalue weighted by atomic mass is 32.2. The number of carbonyl (C=O) groups excluding carboxylic acids is 1. The van der Waals surface area contributed by atoms with Crippen molar-refractivity contribution in [1.82, 2.24) is 15.0 Å². The number of carbonyl (C=O) groups is 1. The van der Waals surface area contributed by atoms with Gasteiger partial charge in [-0.1, -0.05) is 17.7 Å². The largest absolute Gasteiger partial charge is 0.463 e. The minimum atomic E-state index is -0.689. The van der Waals surface area contributed by atoms with Crippen LogP contribution < -0.4 is 15.8 Å². The van der Waals surface area contributed by atoms with E-state index >= 15 is 0 Å². The van der Waals surface area contributed by atoms with Gasteiger partial charge in [0.15, 0.2) is 11.8 Å². The number of aliphatic imine (C=N–C) groups is 1. The Labute approximate surface area is 160 Å². The summed E-state index contributed by atoms with van der Waals surface area (Å²) in [6.45, 7) is 1.98. The van der Waals surface area contributed by atoms with E-state index in [9.17, 15) is 4.79 Å². The predicted molar refractivity (Wildman–Crippen MR) is 104 cm³/mol. The van der Waals surface area contributed by atoms with Crippen LogP contribution in [0.15, 0.2) is 47.2 Å². The Hall–Kier alpha value is -3.38. The number of amides is 1. The summed E-state index contributed by atoms with van der Waals surface area (Å²) in [6, 6.07) is 3.42. The first kappa shape index (κ1) is 18.4. The summed E-state index contributed by atoms with van der Waals surface area (Å²) in [6.07, 6.45) is 11.3. The number of thioether (sulfide) groups is 1. The van der Waals surface area contributed by atoms with Crippen LogP contribution in [-0.4, -0.2) is 32.6 Å². The second kappa shape index (κ2) is 7.88. The molecule has 0 unspecified atom stereocenters. The van der Waals surface area contributed by atoms with Crippen LogP contribution in [0.3, 0.4) is 0 Å². The van der Waals surface area contributed by atoms with Crippen molar-refractivity contribution in [1.29, 1.82) is 0 Å². The molecule has 1 amide bonds. The molecular formula is C18H16N6O2S. The summed E-state index contributed by atoms with van der Waals surface area (Å²) < 4.78 is 5.13. The summed E-state index contributed by atoms with van der Waals surface area (Å²) in [7, 11) is 0. The Bertz CT molecular complexity index is 951. The summed E-state index contributed by atoms with van der Waals surface area (Å²) >= 11 is 1.35. The number of aromatic nitrogens is 3. The molecule has 3 heterocycles. The molecule has 8 nitrogen and oxygen atoms in total. The van der Waals surface area contributed by atoms with Gasteiger partial charge in [0.25, 0.3) is 5.91 Å². The van der Waals surface area contributed by atoms with E-state index in [0.29, 0.717) is 16.5 Å². The van der Waals surface area contributed by atoms with Crippen LogP contribution in [0.1, 0.15) is 23.1 Å². The van der Waals surface area contributed by atoms with Gasteiger partial charge in [0.05, 0.1) is 18.1 Å². The molecule has 1 atom stereocenters. The van der Waals surface area contributed by atoms with E-state index in [1.165, 1.54) is 24.2 Å². The molecule has 0 aliphatic carbocycles. The number of rotatable bonds is 5. The fourth-order valence-electron chi connectivity index (χ4n) is 2.28. The number of nitrogens with one attached hydrogen (secondary N) is 1. The standard InChI is InChI=1S/C18H16N6O2S/c1-3-7-26-15-11-21-13(10-22-15)16(25)23-12-4-6-20-14(9-12)18(2)5-8-27-17(19)24-18/h1,4-6,8-11H,7H2,2H3,(H2,19,24)(H,20,23,25)/t18-/m0/s1. The lowest BCUT2D eigenvalue weighted by molar-refractivity contribution is 0.102. The Morgan fingerprint density at radius 3 is 2.96 bits per heavy atom. The topological polar surface area (TPSA) is 115 Å². The minimum absolute atomic E-state index is 0.0821. The van der Waals surface area contributed by atoms with Gasteiger partial charge in [-0.05, 0) is 30.5 Å². The summed E-state index contributed by atoms with van der Waals surface area (Å²) in [4.78, 5) is 29.2. The first-order chi connectivity index (χ1) is 13.0. The third kappa shape index (κ3) is 4.43. The zero-order valence-corrected chi connectivity index (χ0v) is 15.2. The number of hydrogen-bond donors (Lipinski definition) is 2. The highest BCUT2D eigenvalue weighted by molar-refractivity contribution is 8.16. The molecule has 0 aromatic carbocycles. The van der Waals surface area contributed by atoms with Gasteiger partial charge >= 0.3 is 0 Å². The summed E-state index contributed by atoms with van der Waals surface area (Å²) in [5, 5.41) is 5.09. The van der Waals surface area contributed by atoms with E-state index in [1.54, 1.807) is 18.3 Å². The molecule has 0 bridgehead atoms. The normalized spacial score (nSPS) is 18.3. The van der Waals surface area contributed by atoms with Crippen LogP contribution in [0, 0.1) is 12.3 Å². The van der Waals surface area contributed by atoms with Gasteiger partial charge in [0, 0.05) is 11.9 Å². The molecule has 9 heteroatoms. The molecule has 136 valence electrons. The molecular weight excluding hydrogens is 364 g/mol. The molecule has 27 heavy (non-hydrogen) atoms. The van der Waals surface area contributed by atoms with Gasteiger partial charge in [-0.25, -0.2) is 15.0 Å².